The zero-order valence-electron chi connectivity index (χ0n) is 14.5. The van der Waals surface area contributed by atoms with Gasteiger partial charge in [-0.1, -0.05) is 47.5 Å². The number of carbonyl (C=O) groups is 1. The second-order valence-electron chi connectivity index (χ2n) is 6.91. The average Bonchev–Trinajstić information content (AvgIpc) is 2.92. The summed E-state index contributed by atoms with van der Waals surface area (Å²) in [7, 11) is 2.10. The fourth-order valence-corrected chi connectivity index (χ4v) is 4.43. The van der Waals surface area contributed by atoms with Gasteiger partial charge in [-0.3, -0.25) is 9.69 Å². The van der Waals surface area contributed by atoms with Gasteiger partial charge >= 0.3 is 0 Å². The molecule has 4 heteroatoms. The lowest BCUT2D eigenvalue weighted by Crippen LogP contribution is -2.43. The molecule has 26 heavy (non-hydrogen) atoms. The molecule has 0 spiro atoms. The van der Waals surface area contributed by atoms with Crippen molar-refractivity contribution in [2.75, 3.05) is 7.05 Å². The topological polar surface area (TPSA) is 20.3 Å². The molecule has 2 saturated heterocycles. The van der Waals surface area contributed by atoms with Crippen LogP contribution in [0, 0.1) is 0 Å². The Morgan fingerprint density at radius 2 is 1.35 bits per heavy atom. The molecular formula is C22H19Cl2NO. The van der Waals surface area contributed by atoms with Gasteiger partial charge in [-0.25, -0.2) is 0 Å². The van der Waals surface area contributed by atoms with Crippen LogP contribution in [-0.4, -0.2) is 29.8 Å². The van der Waals surface area contributed by atoms with Gasteiger partial charge in [0, 0.05) is 33.3 Å². The molecule has 2 nitrogen and oxygen atoms in total. The van der Waals surface area contributed by atoms with Crippen LogP contribution in [0.4, 0.5) is 0 Å². The zero-order valence-corrected chi connectivity index (χ0v) is 16.0. The van der Waals surface area contributed by atoms with Gasteiger partial charge < -0.3 is 0 Å². The number of rotatable bonds is 2. The minimum atomic E-state index is 0.135. The van der Waals surface area contributed by atoms with Crippen LogP contribution in [0.15, 0.2) is 59.7 Å². The number of Topliss-reactive ketones (excluding diaryl/α,β-unsaturated/α-hetero) is 1. The first-order chi connectivity index (χ1) is 12.5. The van der Waals surface area contributed by atoms with E-state index in [4.69, 9.17) is 23.2 Å². The minimum Gasteiger partial charge on any atom is -0.292 e. The lowest BCUT2D eigenvalue weighted by atomic mass is 9.88. The number of piperidine rings is 1. The van der Waals surface area contributed by atoms with Gasteiger partial charge in [0.1, 0.15) is 0 Å². The SMILES string of the molecule is CN1C2CCC1C(=Cc1cccc(Cl)c1)C(=O)C2=Cc1cccc(Cl)c1. The van der Waals surface area contributed by atoms with Gasteiger partial charge in [-0.05, 0) is 67.4 Å². The van der Waals surface area contributed by atoms with Crippen molar-refractivity contribution in [3.63, 3.8) is 0 Å². The highest BCUT2D eigenvalue weighted by Gasteiger charge is 2.44. The summed E-state index contributed by atoms with van der Waals surface area (Å²) in [5.41, 5.74) is 3.61. The van der Waals surface area contributed by atoms with Crippen LogP contribution in [0.3, 0.4) is 0 Å². The molecule has 0 aromatic heterocycles. The summed E-state index contributed by atoms with van der Waals surface area (Å²) in [5, 5.41) is 1.35. The summed E-state index contributed by atoms with van der Waals surface area (Å²) < 4.78 is 0. The molecule has 2 heterocycles. The van der Waals surface area contributed by atoms with Gasteiger partial charge in [-0.15, -0.1) is 0 Å². The number of benzene rings is 2. The first-order valence-electron chi connectivity index (χ1n) is 8.74. The van der Waals surface area contributed by atoms with E-state index in [2.05, 4.69) is 11.9 Å². The molecule has 4 rings (SSSR count). The van der Waals surface area contributed by atoms with E-state index < -0.39 is 0 Å². The van der Waals surface area contributed by atoms with Crippen LogP contribution in [0.5, 0.6) is 0 Å². The number of hydrogen-bond donors (Lipinski definition) is 0. The predicted molar refractivity (Wildman–Crippen MR) is 108 cm³/mol. The minimum absolute atomic E-state index is 0.135. The Bertz CT molecular complexity index is 858. The summed E-state index contributed by atoms with van der Waals surface area (Å²) in [6.07, 6.45) is 5.96. The van der Waals surface area contributed by atoms with Gasteiger partial charge in [0.25, 0.3) is 0 Å². The molecule has 2 atom stereocenters. The second-order valence-corrected chi connectivity index (χ2v) is 7.79. The Labute approximate surface area is 163 Å². The molecule has 2 aliphatic heterocycles. The summed E-state index contributed by atoms with van der Waals surface area (Å²) in [6, 6.07) is 15.6. The highest BCUT2D eigenvalue weighted by molar-refractivity contribution is 6.31. The summed E-state index contributed by atoms with van der Waals surface area (Å²) >= 11 is 12.2. The third-order valence-corrected chi connectivity index (χ3v) is 5.75. The van der Waals surface area contributed by atoms with Crippen molar-refractivity contribution in [1.82, 2.24) is 4.90 Å². The average molecular weight is 384 g/mol. The van der Waals surface area contributed by atoms with Crippen molar-refractivity contribution < 1.29 is 4.79 Å². The lowest BCUT2D eigenvalue weighted by molar-refractivity contribution is -0.114. The Morgan fingerprint density at radius 1 is 0.885 bits per heavy atom. The molecule has 0 N–H and O–H groups in total. The van der Waals surface area contributed by atoms with E-state index in [1.54, 1.807) is 0 Å². The number of halogens is 2. The first-order valence-corrected chi connectivity index (χ1v) is 9.49. The van der Waals surface area contributed by atoms with Crippen molar-refractivity contribution in [3.8, 4) is 0 Å². The van der Waals surface area contributed by atoms with Gasteiger partial charge in [-0.2, -0.15) is 0 Å². The molecule has 0 radical (unpaired) electrons. The Hall–Kier alpha value is -1.87. The van der Waals surface area contributed by atoms with Gasteiger partial charge in [0.2, 0.25) is 0 Å². The zero-order chi connectivity index (χ0) is 18.3. The third-order valence-electron chi connectivity index (χ3n) is 5.28. The maximum atomic E-state index is 13.3. The van der Waals surface area contributed by atoms with Crippen molar-refractivity contribution in [2.24, 2.45) is 0 Å². The van der Waals surface area contributed by atoms with E-state index in [1.165, 1.54) is 0 Å². The van der Waals surface area contributed by atoms with Gasteiger partial charge in [0.05, 0.1) is 0 Å². The van der Waals surface area contributed by atoms with Crippen molar-refractivity contribution in [2.45, 2.75) is 24.9 Å². The Kier molecular flexibility index (Phi) is 4.74. The largest absolute Gasteiger partial charge is 0.292 e. The molecule has 2 bridgehead atoms. The smallest absolute Gasteiger partial charge is 0.188 e. The van der Waals surface area contributed by atoms with Crippen LogP contribution in [0.1, 0.15) is 24.0 Å². The molecule has 2 unspecified atom stereocenters. The molecule has 0 amide bonds. The molecule has 2 aromatic rings. The standard InChI is InChI=1S/C22H19Cl2NO/c1-25-20-8-9-21(25)19(13-15-5-3-7-17(24)11-15)22(26)18(20)12-14-4-2-6-16(23)10-14/h2-7,10-13,20-21H,8-9H2,1H3. The maximum absolute atomic E-state index is 13.3. The Morgan fingerprint density at radius 3 is 1.77 bits per heavy atom. The Balaban J connectivity index is 1.78. The summed E-state index contributed by atoms with van der Waals surface area (Å²) in [5.74, 6) is 0.135. The maximum Gasteiger partial charge on any atom is 0.188 e. The number of carbonyl (C=O) groups excluding carboxylic acids is 1. The van der Waals surface area contributed by atoms with Crippen LogP contribution in [-0.2, 0) is 4.79 Å². The molecule has 0 saturated carbocycles. The van der Waals surface area contributed by atoms with E-state index >= 15 is 0 Å². The van der Waals surface area contributed by atoms with Crippen LogP contribution in [0.2, 0.25) is 10.0 Å². The van der Waals surface area contributed by atoms with Crippen LogP contribution >= 0.6 is 23.2 Å². The predicted octanol–water partition coefficient (Wildman–Crippen LogP) is 5.51. The molecule has 0 aliphatic carbocycles. The molecular weight excluding hydrogens is 365 g/mol. The van der Waals surface area contributed by atoms with Crippen molar-refractivity contribution in [1.29, 1.82) is 0 Å². The van der Waals surface area contributed by atoms with E-state index in [1.807, 2.05) is 60.7 Å². The van der Waals surface area contributed by atoms with Crippen molar-refractivity contribution >= 4 is 41.1 Å². The lowest BCUT2D eigenvalue weighted by Gasteiger charge is -2.34. The van der Waals surface area contributed by atoms with E-state index in [9.17, 15) is 4.79 Å². The van der Waals surface area contributed by atoms with E-state index in [0.717, 1.165) is 35.1 Å². The summed E-state index contributed by atoms with van der Waals surface area (Å²) in [6.45, 7) is 0. The molecule has 2 aliphatic rings. The first kappa shape index (κ1) is 17.5. The molecule has 132 valence electrons. The monoisotopic (exact) mass is 383 g/mol. The quantitative estimate of drug-likeness (QED) is 0.637. The van der Waals surface area contributed by atoms with E-state index in [-0.39, 0.29) is 17.9 Å². The summed E-state index contributed by atoms with van der Waals surface area (Å²) in [4.78, 5) is 15.6. The molecule has 2 aromatic carbocycles. The number of likely N-dealkylation sites (N-methyl/N-ethyl adjacent to an activating group) is 1. The van der Waals surface area contributed by atoms with Crippen LogP contribution in [0.25, 0.3) is 12.2 Å². The molecule has 2 fully saturated rings. The second kappa shape index (κ2) is 7.03. The third kappa shape index (κ3) is 3.25. The number of nitrogens with zero attached hydrogens (tertiary/aromatic N) is 1. The fourth-order valence-electron chi connectivity index (χ4n) is 4.03. The number of hydrogen-bond acceptors (Lipinski definition) is 2. The fraction of sp³-hybridized carbons (Fsp3) is 0.227. The normalized spacial score (nSPS) is 26.0. The highest BCUT2D eigenvalue weighted by Crippen LogP contribution is 2.40. The number of fused-ring (bicyclic) bond motifs is 2. The highest BCUT2D eigenvalue weighted by atomic mass is 35.5. The van der Waals surface area contributed by atoms with Crippen molar-refractivity contribution in [3.05, 3.63) is 80.8 Å². The van der Waals surface area contributed by atoms with Gasteiger partial charge in [0.15, 0.2) is 5.78 Å². The van der Waals surface area contributed by atoms with E-state index in [0.29, 0.717) is 10.0 Å². The number of ketones is 1. The van der Waals surface area contributed by atoms with Crippen LogP contribution < -0.4 is 0 Å².